The Labute approximate surface area is 86.3 Å². The van der Waals surface area contributed by atoms with Crippen molar-refractivity contribution in [1.29, 1.82) is 5.26 Å². The lowest BCUT2D eigenvalue weighted by Gasteiger charge is -2.08. The van der Waals surface area contributed by atoms with Gasteiger partial charge in [-0.05, 0) is 6.07 Å². The summed E-state index contributed by atoms with van der Waals surface area (Å²) in [7, 11) is 0. The summed E-state index contributed by atoms with van der Waals surface area (Å²) in [6.45, 7) is 0. The number of aromatic nitrogens is 2. The van der Waals surface area contributed by atoms with Gasteiger partial charge in [0.1, 0.15) is 22.8 Å². The van der Waals surface area contributed by atoms with E-state index in [4.69, 9.17) is 5.26 Å². The molecule has 2 rings (SSSR count). The molecular formula is C9H4F3N3O. The first-order valence-corrected chi connectivity index (χ1v) is 4.16. The fourth-order valence-electron chi connectivity index (χ4n) is 1.42. The molecule has 0 aliphatic heterocycles. The lowest BCUT2D eigenvalue weighted by Crippen LogP contribution is -2.19. The first-order chi connectivity index (χ1) is 7.45. The van der Waals surface area contributed by atoms with Crippen LogP contribution in [0.1, 0.15) is 11.3 Å². The van der Waals surface area contributed by atoms with Gasteiger partial charge in [-0.3, -0.25) is 4.79 Å². The molecule has 2 aromatic rings. The van der Waals surface area contributed by atoms with Gasteiger partial charge >= 0.3 is 6.18 Å². The Hall–Kier alpha value is -2.23. The van der Waals surface area contributed by atoms with Gasteiger partial charge in [-0.15, -0.1) is 0 Å². The Bertz CT molecular complexity index is 645. The fourth-order valence-corrected chi connectivity index (χ4v) is 1.42. The number of halogens is 3. The molecule has 2 N–H and O–H groups in total. The predicted octanol–water partition coefficient (Wildman–Crippen LogP) is 1.75. The maximum absolute atomic E-state index is 12.5. The van der Waals surface area contributed by atoms with Gasteiger partial charge in [-0.25, -0.2) is 0 Å². The highest BCUT2D eigenvalue weighted by molar-refractivity contribution is 5.76. The third-order valence-corrected chi connectivity index (χ3v) is 2.11. The van der Waals surface area contributed by atoms with Crippen LogP contribution in [0.3, 0.4) is 0 Å². The maximum Gasteiger partial charge on any atom is 0.432 e. The number of aromatic amines is 2. The summed E-state index contributed by atoms with van der Waals surface area (Å²) in [6, 6.07) is 2.57. The molecule has 0 saturated carbocycles. The Balaban J connectivity index is 2.95. The lowest BCUT2D eigenvalue weighted by atomic mass is 10.1. The van der Waals surface area contributed by atoms with Crippen LogP contribution in [-0.2, 0) is 6.18 Å². The summed E-state index contributed by atoms with van der Waals surface area (Å²) in [5.41, 5.74) is -3.20. The van der Waals surface area contributed by atoms with E-state index in [0.29, 0.717) is 0 Å². The smallest absolute Gasteiger partial charge is 0.357 e. The summed E-state index contributed by atoms with van der Waals surface area (Å²) in [5, 5.41) is 8.58. The largest absolute Gasteiger partial charge is 0.432 e. The summed E-state index contributed by atoms with van der Waals surface area (Å²) in [4.78, 5) is 16.0. The molecule has 0 aromatic carbocycles. The standard InChI is InChI=1S/C9H4F3N3O/c10-9(11,12)8-4(3-13)7(16)6-5(15-8)1-2-14-6/h1-2,14H,(H,15,16). The molecule has 0 saturated heterocycles. The van der Waals surface area contributed by atoms with Gasteiger partial charge in [0.25, 0.3) is 0 Å². The van der Waals surface area contributed by atoms with Gasteiger partial charge < -0.3 is 9.97 Å². The number of nitrogens with zero attached hydrogens (tertiary/aromatic N) is 1. The molecule has 0 amide bonds. The molecule has 2 heterocycles. The molecule has 0 spiro atoms. The zero-order valence-electron chi connectivity index (χ0n) is 7.64. The number of fused-ring (bicyclic) bond motifs is 1. The molecular weight excluding hydrogens is 223 g/mol. The molecule has 0 unspecified atom stereocenters. The summed E-state index contributed by atoms with van der Waals surface area (Å²) >= 11 is 0. The number of hydrogen-bond donors (Lipinski definition) is 2. The van der Waals surface area contributed by atoms with Crippen molar-refractivity contribution in [3.63, 3.8) is 0 Å². The average Bonchev–Trinajstić information content (AvgIpc) is 2.64. The second-order valence-corrected chi connectivity index (χ2v) is 3.08. The van der Waals surface area contributed by atoms with Crippen LogP contribution >= 0.6 is 0 Å². The van der Waals surface area contributed by atoms with Crippen molar-refractivity contribution in [2.45, 2.75) is 6.18 Å². The van der Waals surface area contributed by atoms with Crippen LogP contribution in [-0.4, -0.2) is 9.97 Å². The SMILES string of the molecule is N#Cc1c(C(F)(F)F)[nH]c2cc[nH]c2c1=O. The topological polar surface area (TPSA) is 72.4 Å². The van der Waals surface area contributed by atoms with Crippen LogP contribution in [0, 0.1) is 11.3 Å². The van der Waals surface area contributed by atoms with E-state index in [-0.39, 0.29) is 11.0 Å². The zero-order valence-corrected chi connectivity index (χ0v) is 7.64. The summed E-state index contributed by atoms with van der Waals surface area (Å²) in [6.07, 6.45) is -3.43. The molecule has 7 heteroatoms. The minimum Gasteiger partial charge on any atom is -0.357 e. The van der Waals surface area contributed by atoms with E-state index in [1.165, 1.54) is 18.3 Å². The van der Waals surface area contributed by atoms with E-state index >= 15 is 0 Å². The molecule has 0 atom stereocenters. The number of hydrogen-bond acceptors (Lipinski definition) is 2. The number of nitriles is 1. The van der Waals surface area contributed by atoms with Gasteiger partial charge in [0, 0.05) is 6.20 Å². The van der Waals surface area contributed by atoms with Crippen LogP contribution in [0.2, 0.25) is 0 Å². The van der Waals surface area contributed by atoms with E-state index in [1.807, 2.05) is 4.98 Å². The highest BCUT2D eigenvalue weighted by Gasteiger charge is 2.36. The van der Waals surface area contributed by atoms with Crippen molar-refractivity contribution in [3.05, 3.63) is 33.7 Å². The maximum atomic E-state index is 12.5. The normalized spacial score (nSPS) is 11.6. The van der Waals surface area contributed by atoms with Crippen molar-refractivity contribution in [2.75, 3.05) is 0 Å². The highest BCUT2D eigenvalue weighted by atomic mass is 19.4. The molecule has 0 radical (unpaired) electrons. The number of alkyl halides is 3. The molecule has 2 aromatic heterocycles. The Morgan fingerprint density at radius 3 is 2.62 bits per heavy atom. The minimum absolute atomic E-state index is 0.0244. The Morgan fingerprint density at radius 2 is 2.06 bits per heavy atom. The quantitative estimate of drug-likeness (QED) is 0.719. The van der Waals surface area contributed by atoms with Crippen molar-refractivity contribution >= 4 is 11.0 Å². The minimum atomic E-state index is -4.75. The van der Waals surface area contributed by atoms with Crippen LogP contribution in [0.5, 0.6) is 0 Å². The molecule has 82 valence electrons. The Morgan fingerprint density at radius 1 is 1.38 bits per heavy atom. The first-order valence-electron chi connectivity index (χ1n) is 4.16. The molecule has 0 aliphatic rings. The van der Waals surface area contributed by atoms with Crippen LogP contribution < -0.4 is 5.43 Å². The molecule has 0 aliphatic carbocycles. The van der Waals surface area contributed by atoms with Gasteiger partial charge in [0.05, 0.1) is 5.52 Å². The van der Waals surface area contributed by atoms with Crippen LogP contribution in [0.4, 0.5) is 13.2 Å². The molecule has 4 nitrogen and oxygen atoms in total. The third-order valence-electron chi connectivity index (χ3n) is 2.11. The van der Waals surface area contributed by atoms with Crippen LogP contribution in [0.15, 0.2) is 17.1 Å². The monoisotopic (exact) mass is 227 g/mol. The van der Waals surface area contributed by atoms with Crippen molar-refractivity contribution in [2.24, 2.45) is 0 Å². The Kier molecular flexibility index (Phi) is 2.01. The van der Waals surface area contributed by atoms with Gasteiger partial charge in [-0.1, -0.05) is 0 Å². The van der Waals surface area contributed by atoms with E-state index in [0.717, 1.165) is 0 Å². The number of H-pyrrole nitrogens is 2. The van der Waals surface area contributed by atoms with E-state index < -0.39 is 22.9 Å². The second-order valence-electron chi connectivity index (χ2n) is 3.08. The first kappa shape index (κ1) is 10.3. The van der Waals surface area contributed by atoms with Gasteiger partial charge in [-0.2, -0.15) is 18.4 Å². The predicted molar refractivity (Wildman–Crippen MR) is 48.6 cm³/mol. The van der Waals surface area contributed by atoms with E-state index in [2.05, 4.69) is 4.98 Å². The fraction of sp³-hybridized carbons (Fsp3) is 0.111. The van der Waals surface area contributed by atoms with E-state index in [1.54, 1.807) is 0 Å². The number of nitrogens with one attached hydrogen (secondary N) is 2. The molecule has 0 fully saturated rings. The van der Waals surface area contributed by atoms with E-state index in [9.17, 15) is 18.0 Å². The number of pyridine rings is 1. The molecule has 16 heavy (non-hydrogen) atoms. The lowest BCUT2D eigenvalue weighted by molar-refractivity contribution is -0.141. The van der Waals surface area contributed by atoms with Crippen molar-refractivity contribution < 1.29 is 13.2 Å². The zero-order chi connectivity index (χ0) is 11.9. The highest BCUT2D eigenvalue weighted by Crippen LogP contribution is 2.29. The van der Waals surface area contributed by atoms with Crippen molar-refractivity contribution in [1.82, 2.24) is 9.97 Å². The number of rotatable bonds is 0. The van der Waals surface area contributed by atoms with Crippen LogP contribution in [0.25, 0.3) is 11.0 Å². The third kappa shape index (κ3) is 1.35. The van der Waals surface area contributed by atoms with Crippen molar-refractivity contribution in [3.8, 4) is 6.07 Å². The summed E-state index contributed by atoms with van der Waals surface area (Å²) < 4.78 is 37.6. The second kappa shape index (κ2) is 3.13. The van der Waals surface area contributed by atoms with Gasteiger partial charge in [0.15, 0.2) is 0 Å². The molecule has 0 bridgehead atoms. The summed E-state index contributed by atoms with van der Waals surface area (Å²) in [5.74, 6) is 0. The average molecular weight is 227 g/mol. The van der Waals surface area contributed by atoms with Gasteiger partial charge in [0.2, 0.25) is 5.43 Å².